The molecule has 2 unspecified atom stereocenters. The Morgan fingerprint density at radius 1 is 0.789 bits per heavy atom. The average Bonchev–Trinajstić information content (AvgIpc) is 3.36. The summed E-state index contributed by atoms with van der Waals surface area (Å²) in [6, 6.07) is 0. The number of rotatable bonds is 8. The Morgan fingerprint density at radius 3 is 1.71 bits per heavy atom. The van der Waals surface area contributed by atoms with Crippen LogP contribution in [0.2, 0.25) is 0 Å². The summed E-state index contributed by atoms with van der Waals surface area (Å²) in [6.07, 6.45) is -1.52. The highest BCUT2D eigenvalue weighted by Gasteiger charge is 2.61. The molecule has 0 aromatic rings. The first-order valence-electron chi connectivity index (χ1n) is 12.7. The largest absolute Gasteiger partial charge is 0.444 e. The molecule has 38 heavy (non-hydrogen) atoms. The Bertz CT molecular complexity index is 854. The van der Waals surface area contributed by atoms with E-state index in [-0.39, 0.29) is 24.3 Å². The molecule has 0 radical (unpaired) electrons. The van der Waals surface area contributed by atoms with Gasteiger partial charge in [-0.3, -0.25) is 20.4 Å². The van der Waals surface area contributed by atoms with Crippen LogP contribution in [-0.4, -0.2) is 79.2 Å². The molecule has 1 rings (SSSR count). The standard InChI is InChI=1S/C25H46N6O7/c1-22(2,3)36-19(33)29-18(30-20(34)37-23(4,5)6)28-12-11-16-15-25(16,17(32)27-14-13-26-10)31-21(35)38-24(7,8)9/h16,26H,11-15H2,1-10H3,(H,27,32)(H,31,35)(H2,28,29,30,33,34). The molecule has 0 spiro atoms. The van der Waals surface area contributed by atoms with Crippen molar-refractivity contribution in [1.82, 2.24) is 26.6 Å². The summed E-state index contributed by atoms with van der Waals surface area (Å²) in [5, 5.41) is 13.3. The van der Waals surface area contributed by atoms with Crippen molar-refractivity contribution >= 4 is 30.1 Å². The maximum absolute atomic E-state index is 13.0. The highest BCUT2D eigenvalue weighted by molar-refractivity contribution is 6.01. The number of guanidine groups is 1. The lowest BCUT2D eigenvalue weighted by atomic mass is 10.1. The molecular weight excluding hydrogens is 496 g/mol. The maximum Gasteiger partial charge on any atom is 0.414 e. The van der Waals surface area contributed by atoms with Gasteiger partial charge in [0, 0.05) is 19.6 Å². The van der Waals surface area contributed by atoms with Gasteiger partial charge in [-0.15, -0.1) is 0 Å². The van der Waals surface area contributed by atoms with Crippen molar-refractivity contribution in [3.8, 4) is 0 Å². The second-order valence-corrected chi connectivity index (χ2v) is 12.1. The van der Waals surface area contributed by atoms with Gasteiger partial charge in [-0.2, -0.15) is 0 Å². The van der Waals surface area contributed by atoms with E-state index >= 15 is 0 Å². The number of carbonyl (C=O) groups is 4. The molecule has 1 aliphatic carbocycles. The van der Waals surface area contributed by atoms with Crippen LogP contribution in [0, 0.1) is 5.92 Å². The Balaban J connectivity index is 2.96. The number of aliphatic imine (C=N–C) groups is 1. The second kappa shape index (κ2) is 13.1. The van der Waals surface area contributed by atoms with Crippen LogP contribution >= 0.6 is 0 Å². The summed E-state index contributed by atoms with van der Waals surface area (Å²) in [5.74, 6) is -0.706. The maximum atomic E-state index is 13.0. The highest BCUT2D eigenvalue weighted by atomic mass is 16.6. The molecule has 4 amide bonds. The number of likely N-dealkylation sites (N-methyl/N-ethyl adjacent to an activating group) is 1. The van der Waals surface area contributed by atoms with E-state index in [4.69, 9.17) is 14.2 Å². The van der Waals surface area contributed by atoms with Crippen LogP contribution in [0.25, 0.3) is 0 Å². The number of amides is 4. The van der Waals surface area contributed by atoms with Crippen molar-refractivity contribution in [2.24, 2.45) is 10.9 Å². The normalized spacial score (nSPS) is 18.9. The van der Waals surface area contributed by atoms with Gasteiger partial charge < -0.3 is 30.2 Å². The van der Waals surface area contributed by atoms with Crippen molar-refractivity contribution in [3.63, 3.8) is 0 Å². The van der Waals surface area contributed by atoms with Gasteiger partial charge in [0.15, 0.2) is 0 Å². The predicted octanol–water partition coefficient (Wildman–Crippen LogP) is 2.40. The van der Waals surface area contributed by atoms with Crippen LogP contribution in [0.3, 0.4) is 0 Å². The third kappa shape index (κ3) is 12.9. The number of alkyl carbamates (subject to hydrolysis) is 3. The number of nitrogens with zero attached hydrogens (tertiary/aromatic N) is 1. The first kappa shape index (κ1) is 32.9. The molecule has 0 saturated heterocycles. The van der Waals surface area contributed by atoms with E-state index in [1.165, 1.54) is 0 Å². The first-order valence-corrected chi connectivity index (χ1v) is 12.7. The fraction of sp³-hybridized carbons (Fsp3) is 0.800. The van der Waals surface area contributed by atoms with Gasteiger partial charge in [0.2, 0.25) is 11.9 Å². The molecular formula is C25H46N6O7. The van der Waals surface area contributed by atoms with E-state index < -0.39 is 40.6 Å². The van der Waals surface area contributed by atoms with E-state index in [1.54, 1.807) is 69.4 Å². The van der Waals surface area contributed by atoms with Crippen molar-refractivity contribution in [2.45, 2.75) is 97.5 Å². The molecule has 13 heteroatoms. The highest BCUT2D eigenvalue weighted by Crippen LogP contribution is 2.46. The number of ether oxygens (including phenoxy) is 3. The lowest BCUT2D eigenvalue weighted by Crippen LogP contribution is -2.52. The first-order chi connectivity index (χ1) is 17.3. The SMILES string of the molecule is CNCCNC(=O)C1(NC(=O)OC(C)(C)C)CC1CCN=C(NC(=O)OC(C)(C)C)NC(=O)OC(C)(C)C. The molecule has 218 valence electrons. The van der Waals surface area contributed by atoms with Crippen LogP contribution in [0.4, 0.5) is 14.4 Å². The molecule has 1 aliphatic rings. The van der Waals surface area contributed by atoms with Gasteiger partial charge >= 0.3 is 18.3 Å². The average molecular weight is 543 g/mol. The molecule has 0 aromatic heterocycles. The molecule has 1 saturated carbocycles. The fourth-order valence-corrected chi connectivity index (χ4v) is 3.35. The van der Waals surface area contributed by atoms with Crippen molar-refractivity contribution in [2.75, 3.05) is 26.7 Å². The van der Waals surface area contributed by atoms with Gasteiger partial charge in [0.25, 0.3) is 0 Å². The minimum atomic E-state index is -1.14. The van der Waals surface area contributed by atoms with Crippen molar-refractivity contribution < 1.29 is 33.4 Å². The minimum absolute atomic E-state index is 0.132. The zero-order valence-electron chi connectivity index (χ0n) is 24.4. The van der Waals surface area contributed by atoms with Crippen LogP contribution in [-0.2, 0) is 19.0 Å². The van der Waals surface area contributed by atoms with Gasteiger partial charge in [-0.05, 0) is 88.1 Å². The Labute approximate surface area is 225 Å². The number of nitrogens with one attached hydrogen (secondary N) is 5. The summed E-state index contributed by atoms with van der Waals surface area (Å²) in [6.45, 7) is 16.5. The number of carbonyl (C=O) groups excluding carboxylic acids is 4. The molecule has 5 N–H and O–H groups in total. The van der Waals surface area contributed by atoms with Gasteiger partial charge in [-0.25, -0.2) is 14.4 Å². The summed E-state index contributed by atoms with van der Waals surface area (Å²) in [7, 11) is 1.77. The predicted molar refractivity (Wildman–Crippen MR) is 143 cm³/mol. The Hall–Kier alpha value is -3.09. The van der Waals surface area contributed by atoms with Crippen LogP contribution in [0.5, 0.6) is 0 Å². The van der Waals surface area contributed by atoms with Gasteiger partial charge in [0.05, 0.1) is 0 Å². The van der Waals surface area contributed by atoms with E-state index in [1.807, 2.05) is 0 Å². The van der Waals surface area contributed by atoms with Crippen LogP contribution in [0.15, 0.2) is 4.99 Å². The fourth-order valence-electron chi connectivity index (χ4n) is 3.35. The van der Waals surface area contributed by atoms with Crippen molar-refractivity contribution in [1.29, 1.82) is 0 Å². The Morgan fingerprint density at radius 2 is 1.26 bits per heavy atom. The molecule has 1 fully saturated rings. The van der Waals surface area contributed by atoms with Crippen LogP contribution < -0.4 is 26.6 Å². The molecule has 0 aromatic carbocycles. The van der Waals surface area contributed by atoms with Gasteiger partial charge in [0.1, 0.15) is 22.3 Å². The van der Waals surface area contributed by atoms with Crippen molar-refractivity contribution in [3.05, 3.63) is 0 Å². The zero-order chi connectivity index (χ0) is 29.4. The summed E-state index contributed by atoms with van der Waals surface area (Å²) in [4.78, 5) is 54.3. The molecule has 0 bridgehead atoms. The van der Waals surface area contributed by atoms with E-state index in [2.05, 4.69) is 31.6 Å². The zero-order valence-corrected chi connectivity index (χ0v) is 24.4. The summed E-state index contributed by atoms with van der Waals surface area (Å²) in [5.41, 5.74) is -3.38. The minimum Gasteiger partial charge on any atom is -0.444 e. The molecule has 13 nitrogen and oxygen atoms in total. The smallest absolute Gasteiger partial charge is 0.414 e. The number of hydrogen-bond donors (Lipinski definition) is 5. The summed E-state index contributed by atoms with van der Waals surface area (Å²) < 4.78 is 15.8. The quantitative estimate of drug-likeness (QED) is 0.135. The second-order valence-electron chi connectivity index (χ2n) is 12.1. The Kier molecular flexibility index (Phi) is 11.4. The topological polar surface area (TPSA) is 168 Å². The van der Waals surface area contributed by atoms with Crippen LogP contribution in [0.1, 0.15) is 75.2 Å². The van der Waals surface area contributed by atoms with E-state index in [0.29, 0.717) is 25.9 Å². The summed E-state index contributed by atoms with van der Waals surface area (Å²) >= 11 is 0. The molecule has 0 aliphatic heterocycles. The molecule has 0 heterocycles. The lowest BCUT2D eigenvalue weighted by molar-refractivity contribution is -0.124. The monoisotopic (exact) mass is 542 g/mol. The third-order valence-electron chi connectivity index (χ3n) is 4.88. The lowest BCUT2D eigenvalue weighted by Gasteiger charge is -2.24. The van der Waals surface area contributed by atoms with E-state index in [0.717, 1.165) is 0 Å². The van der Waals surface area contributed by atoms with E-state index in [9.17, 15) is 19.2 Å². The molecule has 2 atom stereocenters. The third-order valence-corrected chi connectivity index (χ3v) is 4.88. The van der Waals surface area contributed by atoms with Gasteiger partial charge in [-0.1, -0.05) is 0 Å². The number of hydrogen-bond acceptors (Lipinski definition) is 9.